The summed E-state index contributed by atoms with van der Waals surface area (Å²) < 4.78 is 33.5. The number of rotatable bonds is 6. The number of aromatic nitrogens is 1. The molecule has 3 aromatic rings. The largest absolute Gasteiger partial charge is 0.497 e. The van der Waals surface area contributed by atoms with Gasteiger partial charge in [0, 0.05) is 12.1 Å². The molecule has 2 heterocycles. The Morgan fingerprint density at radius 2 is 2.07 bits per heavy atom. The summed E-state index contributed by atoms with van der Waals surface area (Å²) in [7, 11) is -2.29. The van der Waals surface area contributed by atoms with Gasteiger partial charge in [-0.25, -0.2) is 13.4 Å². The summed E-state index contributed by atoms with van der Waals surface area (Å²) in [5.74, 6) is 0.426. The maximum absolute atomic E-state index is 12.8. The van der Waals surface area contributed by atoms with Crippen LogP contribution in [0.3, 0.4) is 0 Å². The minimum absolute atomic E-state index is 0.0498. The Hall–Kier alpha value is -2.69. The van der Waals surface area contributed by atoms with Crippen molar-refractivity contribution >= 4 is 42.6 Å². The van der Waals surface area contributed by atoms with E-state index in [0.29, 0.717) is 28.1 Å². The van der Waals surface area contributed by atoms with Gasteiger partial charge in [-0.05, 0) is 55.3 Å². The number of carbonyl (C=O) groups excluding carboxylic acids is 1. The van der Waals surface area contributed by atoms with Gasteiger partial charge in [-0.3, -0.25) is 9.52 Å². The Labute approximate surface area is 178 Å². The van der Waals surface area contributed by atoms with Gasteiger partial charge in [0.15, 0.2) is 5.13 Å². The summed E-state index contributed by atoms with van der Waals surface area (Å²) in [4.78, 5) is 18.9. The predicted molar refractivity (Wildman–Crippen MR) is 115 cm³/mol. The fourth-order valence-electron chi connectivity index (χ4n) is 3.49. The van der Waals surface area contributed by atoms with E-state index in [-0.39, 0.29) is 28.6 Å². The van der Waals surface area contributed by atoms with E-state index >= 15 is 0 Å². The molecule has 0 unspecified atom stereocenters. The third-order valence-electron chi connectivity index (χ3n) is 5.08. The minimum atomic E-state index is -3.80. The molecule has 4 rings (SSSR count). The number of hydrogen-bond donors (Lipinski definition) is 2. The maximum Gasteiger partial charge on any atom is 0.263 e. The number of nitrogens with one attached hydrogen (secondary N) is 1. The van der Waals surface area contributed by atoms with Gasteiger partial charge in [0.25, 0.3) is 15.9 Å². The van der Waals surface area contributed by atoms with E-state index in [1.54, 1.807) is 35.2 Å². The van der Waals surface area contributed by atoms with Crippen LogP contribution in [0.2, 0.25) is 0 Å². The van der Waals surface area contributed by atoms with Crippen LogP contribution in [0, 0.1) is 0 Å². The van der Waals surface area contributed by atoms with Gasteiger partial charge in [-0.1, -0.05) is 11.3 Å². The molecule has 2 N–H and O–H groups in total. The zero-order valence-corrected chi connectivity index (χ0v) is 17.9. The second kappa shape index (κ2) is 8.21. The third kappa shape index (κ3) is 3.98. The molecule has 0 spiro atoms. The van der Waals surface area contributed by atoms with Gasteiger partial charge in [0.2, 0.25) is 0 Å². The first kappa shape index (κ1) is 20.6. The quantitative estimate of drug-likeness (QED) is 0.601. The normalized spacial score (nSPS) is 16.7. The highest BCUT2D eigenvalue weighted by Gasteiger charge is 2.29. The topological polar surface area (TPSA) is 109 Å². The second-order valence-electron chi connectivity index (χ2n) is 6.96. The highest BCUT2D eigenvalue weighted by Crippen LogP contribution is 2.30. The average molecular weight is 448 g/mol. The number of amides is 1. The molecule has 1 aromatic heterocycles. The van der Waals surface area contributed by atoms with Crippen LogP contribution in [0.15, 0.2) is 47.4 Å². The molecule has 0 aliphatic carbocycles. The second-order valence-corrected chi connectivity index (χ2v) is 9.67. The number of nitrogens with zero attached hydrogens (tertiary/aromatic N) is 2. The minimum Gasteiger partial charge on any atom is -0.497 e. The van der Waals surface area contributed by atoms with Crippen LogP contribution in [0.4, 0.5) is 5.13 Å². The van der Waals surface area contributed by atoms with Crippen molar-refractivity contribution in [3.8, 4) is 5.75 Å². The number of benzene rings is 2. The molecule has 158 valence electrons. The first-order valence-corrected chi connectivity index (χ1v) is 11.7. The Kier molecular flexibility index (Phi) is 5.63. The van der Waals surface area contributed by atoms with Gasteiger partial charge >= 0.3 is 0 Å². The summed E-state index contributed by atoms with van der Waals surface area (Å²) in [5.41, 5.74) is 1.10. The number of methoxy groups -OCH3 is 1. The highest BCUT2D eigenvalue weighted by atomic mass is 32.2. The summed E-state index contributed by atoms with van der Waals surface area (Å²) in [5, 5.41) is 9.69. The van der Waals surface area contributed by atoms with Crippen molar-refractivity contribution < 1.29 is 23.1 Å². The number of thiazole rings is 1. The molecule has 1 atom stereocenters. The lowest BCUT2D eigenvalue weighted by molar-refractivity contribution is 0.0678. The first-order chi connectivity index (χ1) is 14.4. The van der Waals surface area contributed by atoms with Gasteiger partial charge in [0.1, 0.15) is 5.75 Å². The van der Waals surface area contributed by atoms with Crippen molar-refractivity contribution in [1.82, 2.24) is 9.88 Å². The Bertz CT molecular complexity index is 1170. The molecule has 1 amide bonds. The predicted octanol–water partition coefficient (Wildman–Crippen LogP) is 2.70. The van der Waals surface area contributed by atoms with Crippen LogP contribution in [0.1, 0.15) is 23.2 Å². The molecule has 1 fully saturated rings. The van der Waals surface area contributed by atoms with Crippen LogP contribution in [-0.4, -0.2) is 55.6 Å². The van der Waals surface area contributed by atoms with E-state index in [9.17, 15) is 18.3 Å². The van der Waals surface area contributed by atoms with E-state index < -0.39 is 10.0 Å². The Morgan fingerprint density at radius 3 is 2.77 bits per heavy atom. The van der Waals surface area contributed by atoms with E-state index in [4.69, 9.17) is 4.74 Å². The zero-order chi connectivity index (χ0) is 21.3. The summed E-state index contributed by atoms with van der Waals surface area (Å²) in [6, 6.07) is 11.0. The van der Waals surface area contributed by atoms with Crippen LogP contribution in [0.25, 0.3) is 10.2 Å². The van der Waals surface area contributed by atoms with Gasteiger partial charge in [-0.2, -0.15) is 0 Å². The summed E-state index contributed by atoms with van der Waals surface area (Å²) in [6.07, 6.45) is 1.67. The number of hydrogen-bond acceptors (Lipinski definition) is 7. The van der Waals surface area contributed by atoms with Gasteiger partial charge in [-0.15, -0.1) is 0 Å². The van der Waals surface area contributed by atoms with Gasteiger partial charge in [0.05, 0.1) is 34.9 Å². The summed E-state index contributed by atoms with van der Waals surface area (Å²) >= 11 is 1.16. The zero-order valence-electron chi connectivity index (χ0n) is 16.2. The van der Waals surface area contributed by atoms with E-state index in [1.807, 2.05) is 0 Å². The number of ether oxygens (including phenoxy) is 1. The van der Waals surface area contributed by atoms with Crippen molar-refractivity contribution in [1.29, 1.82) is 0 Å². The number of sulfonamides is 1. The van der Waals surface area contributed by atoms with Crippen molar-refractivity contribution in [2.45, 2.75) is 23.8 Å². The SMILES string of the molecule is COc1ccc(S(=O)(=O)Nc2nc3ccc(C(=O)N4CCC[C@H]4CO)cc3s2)cc1. The number of anilines is 1. The number of likely N-dealkylation sites (tertiary alicyclic amines) is 1. The molecule has 0 saturated carbocycles. The monoisotopic (exact) mass is 447 g/mol. The number of fused-ring (bicyclic) bond motifs is 1. The van der Waals surface area contributed by atoms with Crippen molar-refractivity contribution in [2.24, 2.45) is 0 Å². The fourth-order valence-corrected chi connectivity index (χ4v) is 5.63. The number of carbonyl (C=O) groups is 1. The van der Waals surface area contributed by atoms with E-state index in [0.717, 1.165) is 24.2 Å². The van der Waals surface area contributed by atoms with Crippen molar-refractivity contribution in [3.63, 3.8) is 0 Å². The lowest BCUT2D eigenvalue weighted by atomic mass is 10.1. The standard InChI is InChI=1S/C20H21N3O5S2/c1-28-15-5-7-16(8-6-15)30(26,27)22-20-21-17-9-4-13(11-18(17)29-20)19(25)23-10-2-3-14(23)12-24/h4-9,11,14,24H,2-3,10,12H2,1H3,(H,21,22)/t14-/m0/s1. The van der Waals surface area contributed by atoms with E-state index in [2.05, 4.69) is 9.71 Å². The third-order valence-corrected chi connectivity index (χ3v) is 7.49. The molecule has 0 radical (unpaired) electrons. The van der Waals surface area contributed by atoms with Crippen LogP contribution in [0.5, 0.6) is 5.75 Å². The van der Waals surface area contributed by atoms with Crippen molar-refractivity contribution in [2.75, 3.05) is 25.0 Å². The Balaban J connectivity index is 1.57. The smallest absolute Gasteiger partial charge is 0.263 e. The van der Waals surface area contributed by atoms with Crippen molar-refractivity contribution in [3.05, 3.63) is 48.0 Å². The molecule has 2 aromatic carbocycles. The summed E-state index contributed by atoms with van der Waals surface area (Å²) in [6.45, 7) is 0.573. The van der Waals surface area contributed by atoms with E-state index in [1.165, 1.54) is 19.2 Å². The molecular weight excluding hydrogens is 426 g/mol. The number of aliphatic hydroxyl groups excluding tert-OH is 1. The molecule has 1 aliphatic heterocycles. The lowest BCUT2D eigenvalue weighted by Crippen LogP contribution is -2.37. The molecule has 8 nitrogen and oxygen atoms in total. The molecule has 10 heteroatoms. The molecule has 1 aliphatic rings. The molecule has 0 bridgehead atoms. The average Bonchev–Trinajstić information content (AvgIpc) is 3.38. The van der Waals surface area contributed by atoms with Crippen LogP contribution in [-0.2, 0) is 10.0 Å². The van der Waals surface area contributed by atoms with Crippen LogP contribution < -0.4 is 9.46 Å². The molecule has 30 heavy (non-hydrogen) atoms. The number of aliphatic hydroxyl groups is 1. The maximum atomic E-state index is 12.8. The lowest BCUT2D eigenvalue weighted by Gasteiger charge is -2.23. The van der Waals surface area contributed by atoms with Gasteiger partial charge < -0.3 is 14.7 Å². The molecular formula is C20H21N3O5S2. The highest BCUT2D eigenvalue weighted by molar-refractivity contribution is 7.93. The Morgan fingerprint density at radius 1 is 1.30 bits per heavy atom. The molecule has 1 saturated heterocycles. The fraction of sp³-hybridized carbons (Fsp3) is 0.300. The van der Waals surface area contributed by atoms with Crippen LogP contribution >= 0.6 is 11.3 Å². The first-order valence-electron chi connectivity index (χ1n) is 9.40.